The minimum Gasteiger partial charge on any atom is -0.364 e. The minimum atomic E-state index is -0.0854. The molecule has 0 aromatic carbocycles. The zero-order chi connectivity index (χ0) is 21.6. The molecule has 8 heteroatoms. The van der Waals surface area contributed by atoms with Crippen molar-refractivity contribution in [2.75, 3.05) is 18.0 Å². The van der Waals surface area contributed by atoms with Crippen molar-refractivity contribution in [2.45, 2.75) is 45.8 Å². The number of piperazine rings is 1. The largest absolute Gasteiger partial charge is 0.364 e. The fourth-order valence-corrected chi connectivity index (χ4v) is 4.37. The van der Waals surface area contributed by atoms with Gasteiger partial charge >= 0.3 is 0 Å². The summed E-state index contributed by atoms with van der Waals surface area (Å²) in [5, 5.41) is 13.5. The molecule has 0 saturated carbocycles. The van der Waals surface area contributed by atoms with Crippen LogP contribution in [0.5, 0.6) is 0 Å². The monoisotopic (exact) mass is 406 g/mol. The molecule has 0 aliphatic carbocycles. The summed E-state index contributed by atoms with van der Waals surface area (Å²) < 4.78 is 6.84. The molecule has 1 fully saturated rings. The second kappa shape index (κ2) is 7.58. The van der Waals surface area contributed by atoms with Crippen molar-refractivity contribution >= 4 is 16.7 Å². The first-order valence-corrected chi connectivity index (χ1v) is 10.2. The van der Waals surface area contributed by atoms with Crippen LogP contribution in [0.1, 0.15) is 44.0 Å². The highest BCUT2D eigenvalue weighted by Crippen LogP contribution is 2.32. The number of aryl methyl sites for hydroxylation is 2. The lowest BCUT2D eigenvalue weighted by molar-refractivity contribution is 0.115. The number of hydrogen-bond acceptors (Lipinski definition) is 7. The summed E-state index contributed by atoms with van der Waals surface area (Å²) in [6, 6.07) is 9.68. The predicted molar refractivity (Wildman–Crippen MR) is 114 cm³/mol. The SMILES string of the molecule is Cc1cc(C(C)N2C[C@H](C)N(c3cc(=O)n(C)c4ccc(C#N)nc34)C[C@H]2C)no1. The van der Waals surface area contributed by atoms with Gasteiger partial charge in [-0.15, -0.1) is 0 Å². The normalized spacial score (nSPS) is 21.0. The molecule has 0 spiro atoms. The maximum absolute atomic E-state index is 12.6. The second-order valence-corrected chi connectivity index (χ2v) is 8.19. The molecule has 3 aromatic heterocycles. The topological polar surface area (TPSA) is 91.2 Å². The third-order valence-electron chi connectivity index (χ3n) is 6.10. The summed E-state index contributed by atoms with van der Waals surface area (Å²) in [6.45, 7) is 9.92. The van der Waals surface area contributed by atoms with Crippen LogP contribution in [-0.4, -0.2) is 44.8 Å². The Hall–Kier alpha value is -3.18. The number of nitrogens with zero attached hydrogens (tertiary/aromatic N) is 6. The quantitative estimate of drug-likeness (QED) is 0.660. The van der Waals surface area contributed by atoms with Gasteiger partial charge in [0, 0.05) is 44.4 Å². The molecule has 8 nitrogen and oxygen atoms in total. The molecule has 0 N–H and O–H groups in total. The van der Waals surface area contributed by atoms with E-state index in [9.17, 15) is 10.1 Å². The van der Waals surface area contributed by atoms with Crippen LogP contribution < -0.4 is 10.5 Å². The fraction of sp³-hybridized carbons (Fsp3) is 0.455. The number of hydrogen-bond donors (Lipinski definition) is 0. The van der Waals surface area contributed by atoms with Crippen LogP contribution in [-0.2, 0) is 7.05 Å². The maximum Gasteiger partial charge on any atom is 0.252 e. The van der Waals surface area contributed by atoms with Crippen LogP contribution in [0.15, 0.2) is 33.6 Å². The molecule has 3 aromatic rings. The van der Waals surface area contributed by atoms with Gasteiger partial charge in [-0.2, -0.15) is 5.26 Å². The van der Waals surface area contributed by atoms with E-state index in [1.165, 1.54) is 0 Å². The lowest BCUT2D eigenvalue weighted by atomic mass is 10.0. The highest BCUT2D eigenvalue weighted by atomic mass is 16.5. The summed E-state index contributed by atoms with van der Waals surface area (Å²) in [6.07, 6.45) is 0. The standard InChI is InChI=1S/C22H26N6O2/c1-13-12-28(14(2)11-27(13)16(4)18-8-15(3)30-25-18)20-9-21(29)26(5)19-7-6-17(10-23)24-22(19)20/h6-9,13-14,16H,11-12H2,1-5H3/t13-,14+,16?/m1/s1. The van der Waals surface area contributed by atoms with E-state index in [2.05, 4.69) is 46.8 Å². The van der Waals surface area contributed by atoms with E-state index >= 15 is 0 Å². The summed E-state index contributed by atoms with van der Waals surface area (Å²) in [7, 11) is 1.73. The molecule has 1 aliphatic heterocycles. The Morgan fingerprint density at radius 2 is 2.00 bits per heavy atom. The Kier molecular flexibility index (Phi) is 5.08. The molecule has 1 saturated heterocycles. The van der Waals surface area contributed by atoms with Crippen molar-refractivity contribution in [2.24, 2.45) is 7.05 Å². The molecule has 30 heavy (non-hydrogen) atoms. The molecule has 0 radical (unpaired) electrons. The molecule has 156 valence electrons. The maximum atomic E-state index is 12.6. The third kappa shape index (κ3) is 3.35. The predicted octanol–water partition coefficient (Wildman–Crippen LogP) is 2.76. The zero-order valence-corrected chi connectivity index (χ0v) is 18.0. The number of aromatic nitrogens is 3. The molecule has 1 aliphatic rings. The number of fused-ring (bicyclic) bond motifs is 1. The highest BCUT2D eigenvalue weighted by molar-refractivity contribution is 5.89. The first-order valence-electron chi connectivity index (χ1n) is 10.2. The van der Waals surface area contributed by atoms with Crippen molar-refractivity contribution in [3.8, 4) is 6.07 Å². The van der Waals surface area contributed by atoms with Crippen LogP contribution in [0.4, 0.5) is 5.69 Å². The summed E-state index contributed by atoms with van der Waals surface area (Å²) in [5.41, 5.74) is 3.39. The lowest BCUT2D eigenvalue weighted by Crippen LogP contribution is -2.57. The van der Waals surface area contributed by atoms with Gasteiger partial charge in [-0.25, -0.2) is 4.98 Å². The van der Waals surface area contributed by atoms with E-state index in [0.717, 1.165) is 35.7 Å². The van der Waals surface area contributed by atoms with Gasteiger partial charge in [-0.1, -0.05) is 5.16 Å². The van der Waals surface area contributed by atoms with Crippen LogP contribution >= 0.6 is 0 Å². The highest BCUT2D eigenvalue weighted by Gasteiger charge is 2.34. The van der Waals surface area contributed by atoms with Gasteiger partial charge in [0.15, 0.2) is 0 Å². The van der Waals surface area contributed by atoms with Crippen LogP contribution in [0.25, 0.3) is 11.0 Å². The molecule has 3 atom stereocenters. The van der Waals surface area contributed by atoms with Gasteiger partial charge in [0.1, 0.15) is 28.7 Å². The van der Waals surface area contributed by atoms with Crippen molar-refractivity contribution in [3.63, 3.8) is 0 Å². The number of nitriles is 1. The van der Waals surface area contributed by atoms with Gasteiger partial charge in [-0.05, 0) is 39.8 Å². The van der Waals surface area contributed by atoms with Crippen LogP contribution in [0.3, 0.4) is 0 Å². The van der Waals surface area contributed by atoms with E-state index in [1.807, 2.05) is 13.0 Å². The Balaban J connectivity index is 1.71. The molecule has 4 rings (SSSR count). The fourth-order valence-electron chi connectivity index (χ4n) is 4.37. The van der Waals surface area contributed by atoms with E-state index in [4.69, 9.17) is 4.52 Å². The van der Waals surface area contributed by atoms with Crippen molar-refractivity contribution < 1.29 is 4.52 Å². The van der Waals surface area contributed by atoms with E-state index in [1.54, 1.807) is 29.8 Å². The van der Waals surface area contributed by atoms with Crippen LogP contribution in [0, 0.1) is 18.3 Å². The molecule has 4 heterocycles. The zero-order valence-electron chi connectivity index (χ0n) is 18.0. The van der Waals surface area contributed by atoms with E-state index in [-0.39, 0.29) is 23.7 Å². The Morgan fingerprint density at radius 1 is 1.23 bits per heavy atom. The second-order valence-electron chi connectivity index (χ2n) is 8.19. The average Bonchev–Trinajstić information content (AvgIpc) is 3.17. The van der Waals surface area contributed by atoms with Crippen molar-refractivity contribution in [1.29, 1.82) is 5.26 Å². The Labute approximate surface area is 175 Å². The van der Waals surface area contributed by atoms with Crippen LogP contribution in [0.2, 0.25) is 0 Å². The number of rotatable bonds is 3. The molecule has 0 bridgehead atoms. The van der Waals surface area contributed by atoms with Gasteiger partial charge < -0.3 is 14.0 Å². The molecular weight excluding hydrogens is 380 g/mol. The average molecular weight is 406 g/mol. The van der Waals surface area contributed by atoms with Gasteiger partial charge in [0.2, 0.25) is 0 Å². The smallest absolute Gasteiger partial charge is 0.252 e. The van der Waals surface area contributed by atoms with Gasteiger partial charge in [0.25, 0.3) is 5.56 Å². The van der Waals surface area contributed by atoms with E-state index in [0.29, 0.717) is 11.2 Å². The molecule has 1 unspecified atom stereocenters. The summed E-state index contributed by atoms with van der Waals surface area (Å²) >= 11 is 0. The van der Waals surface area contributed by atoms with E-state index < -0.39 is 0 Å². The Morgan fingerprint density at radius 3 is 2.67 bits per heavy atom. The van der Waals surface area contributed by atoms with Gasteiger partial charge in [-0.3, -0.25) is 9.69 Å². The first-order chi connectivity index (χ1) is 14.3. The summed E-state index contributed by atoms with van der Waals surface area (Å²) in [4.78, 5) is 21.8. The number of pyridine rings is 2. The molecular formula is C22H26N6O2. The molecule has 0 amide bonds. The first kappa shape index (κ1) is 20.1. The van der Waals surface area contributed by atoms with Gasteiger partial charge in [0.05, 0.1) is 17.2 Å². The summed E-state index contributed by atoms with van der Waals surface area (Å²) in [5.74, 6) is 0.808. The minimum absolute atomic E-state index is 0.0854. The third-order valence-corrected chi connectivity index (χ3v) is 6.10. The number of anilines is 1. The van der Waals surface area contributed by atoms with Crippen molar-refractivity contribution in [3.05, 3.63) is 51.8 Å². The lowest BCUT2D eigenvalue weighted by Gasteiger charge is -2.47. The van der Waals surface area contributed by atoms with Crippen molar-refractivity contribution in [1.82, 2.24) is 19.6 Å². The Bertz CT molecular complexity index is 1190.